The second-order valence-corrected chi connectivity index (χ2v) is 2.93. The molecule has 0 spiro atoms. The van der Waals surface area contributed by atoms with Crippen LogP contribution >= 0.6 is 23.8 Å². The molecule has 0 radical (unpaired) electrons. The smallest absolute Gasteiger partial charge is 0.261 e. The summed E-state index contributed by atoms with van der Waals surface area (Å²) in [4.78, 5) is 0. The summed E-state index contributed by atoms with van der Waals surface area (Å²) >= 11 is 9.97. The van der Waals surface area contributed by atoms with Crippen LogP contribution in [0.1, 0.15) is 0 Å². The number of ether oxygens (including phenoxy) is 2. The zero-order chi connectivity index (χ0) is 8.97. The second-order valence-electron chi connectivity index (χ2n) is 1.99. The van der Waals surface area contributed by atoms with Crippen LogP contribution in [0.2, 0.25) is 0 Å². The summed E-state index contributed by atoms with van der Waals surface area (Å²) < 4.78 is 9.97. The fourth-order valence-electron chi connectivity index (χ4n) is 0.790. The lowest BCUT2D eigenvalue weighted by Crippen LogP contribution is -1.97. The first-order valence-electron chi connectivity index (χ1n) is 3.24. The lowest BCUT2D eigenvalue weighted by Gasteiger charge is -2.06. The van der Waals surface area contributed by atoms with Crippen molar-refractivity contribution in [3.05, 3.63) is 24.3 Å². The third-order valence-electron chi connectivity index (χ3n) is 1.26. The van der Waals surface area contributed by atoms with E-state index >= 15 is 0 Å². The molecule has 1 rings (SSSR count). The topological polar surface area (TPSA) is 18.5 Å². The third-order valence-corrected chi connectivity index (χ3v) is 1.42. The number of halogens is 1. The van der Waals surface area contributed by atoms with Crippen LogP contribution in [0.25, 0.3) is 0 Å². The molecular formula is C8H7ClO2S. The van der Waals surface area contributed by atoms with Crippen molar-refractivity contribution in [2.24, 2.45) is 0 Å². The number of hydrogen-bond donors (Lipinski definition) is 0. The zero-order valence-electron chi connectivity index (χ0n) is 6.41. The van der Waals surface area contributed by atoms with Gasteiger partial charge in [-0.05, 0) is 36.0 Å². The predicted molar refractivity (Wildman–Crippen MR) is 52.1 cm³/mol. The van der Waals surface area contributed by atoms with Crippen LogP contribution in [-0.2, 0) is 0 Å². The molecule has 0 saturated carbocycles. The van der Waals surface area contributed by atoms with Crippen LogP contribution in [-0.4, -0.2) is 11.6 Å². The van der Waals surface area contributed by atoms with Crippen molar-refractivity contribution in [2.45, 2.75) is 0 Å². The fraction of sp³-hybridized carbons (Fsp3) is 0.125. The van der Waals surface area contributed by atoms with Crippen molar-refractivity contribution in [3.63, 3.8) is 0 Å². The highest BCUT2D eigenvalue weighted by atomic mass is 35.5. The minimum atomic E-state index is -0.0421. The first kappa shape index (κ1) is 9.29. The molecule has 12 heavy (non-hydrogen) atoms. The van der Waals surface area contributed by atoms with Crippen molar-refractivity contribution in [3.8, 4) is 11.5 Å². The van der Waals surface area contributed by atoms with Crippen molar-refractivity contribution < 1.29 is 9.47 Å². The molecule has 0 N–H and O–H groups in total. The van der Waals surface area contributed by atoms with Crippen LogP contribution in [0.4, 0.5) is 0 Å². The molecule has 0 bridgehead atoms. The van der Waals surface area contributed by atoms with Gasteiger partial charge < -0.3 is 9.47 Å². The molecule has 1 aromatic rings. The quantitative estimate of drug-likeness (QED) is 0.543. The highest BCUT2D eigenvalue weighted by Gasteiger charge is 2.03. The number of thiocarbonyl (C=S) groups is 1. The van der Waals surface area contributed by atoms with Crippen LogP contribution in [0.3, 0.4) is 0 Å². The van der Waals surface area contributed by atoms with Crippen LogP contribution < -0.4 is 9.47 Å². The molecular weight excluding hydrogens is 196 g/mol. The molecule has 0 fully saturated rings. The average molecular weight is 203 g/mol. The monoisotopic (exact) mass is 202 g/mol. The fourth-order valence-corrected chi connectivity index (χ4v) is 0.962. The first-order chi connectivity index (χ1) is 5.74. The van der Waals surface area contributed by atoms with Crippen molar-refractivity contribution in [1.29, 1.82) is 0 Å². The third kappa shape index (κ3) is 2.36. The van der Waals surface area contributed by atoms with Gasteiger partial charge in [-0.1, -0.05) is 12.1 Å². The molecule has 0 saturated heterocycles. The molecule has 0 amide bonds. The van der Waals surface area contributed by atoms with Gasteiger partial charge >= 0.3 is 0 Å². The Morgan fingerprint density at radius 1 is 1.33 bits per heavy atom. The zero-order valence-corrected chi connectivity index (χ0v) is 7.98. The summed E-state index contributed by atoms with van der Waals surface area (Å²) in [5.74, 6) is 1.14. The van der Waals surface area contributed by atoms with E-state index in [-0.39, 0.29) is 4.51 Å². The number of para-hydroxylation sites is 2. The molecule has 0 aliphatic heterocycles. The van der Waals surface area contributed by atoms with E-state index in [2.05, 4.69) is 12.2 Å². The molecule has 2 nitrogen and oxygen atoms in total. The molecule has 0 atom stereocenters. The molecule has 1 aromatic carbocycles. The summed E-state index contributed by atoms with van der Waals surface area (Å²) in [6.45, 7) is 0. The summed E-state index contributed by atoms with van der Waals surface area (Å²) in [5.41, 5.74) is 0. The maximum Gasteiger partial charge on any atom is 0.261 e. The number of hydrogen-bond acceptors (Lipinski definition) is 3. The minimum Gasteiger partial charge on any atom is -0.493 e. The highest BCUT2D eigenvalue weighted by Crippen LogP contribution is 2.26. The summed E-state index contributed by atoms with van der Waals surface area (Å²) in [6, 6.07) is 7.15. The maximum atomic E-state index is 5.39. The lowest BCUT2D eigenvalue weighted by molar-refractivity contribution is 0.394. The van der Waals surface area contributed by atoms with Gasteiger partial charge in [0.05, 0.1) is 7.11 Å². The number of rotatable bonds is 2. The SMILES string of the molecule is COc1ccccc1OC(=S)Cl. The molecule has 0 aliphatic carbocycles. The van der Waals surface area contributed by atoms with Crippen molar-refractivity contribution >= 4 is 28.3 Å². The number of benzene rings is 1. The lowest BCUT2D eigenvalue weighted by atomic mass is 10.3. The van der Waals surface area contributed by atoms with Gasteiger partial charge in [0.2, 0.25) is 0 Å². The van der Waals surface area contributed by atoms with Gasteiger partial charge in [-0.25, -0.2) is 0 Å². The van der Waals surface area contributed by atoms with E-state index in [4.69, 9.17) is 21.1 Å². The van der Waals surface area contributed by atoms with Crippen molar-refractivity contribution in [2.75, 3.05) is 7.11 Å². The average Bonchev–Trinajstić information content (AvgIpc) is 2.04. The van der Waals surface area contributed by atoms with Gasteiger partial charge in [0.1, 0.15) is 0 Å². The van der Waals surface area contributed by atoms with Crippen LogP contribution in [0.5, 0.6) is 11.5 Å². The first-order valence-corrected chi connectivity index (χ1v) is 4.03. The second kappa shape index (κ2) is 4.28. The normalized spacial score (nSPS) is 9.17. The molecule has 0 aliphatic rings. The molecule has 0 aromatic heterocycles. The molecule has 64 valence electrons. The predicted octanol–water partition coefficient (Wildman–Crippen LogP) is 2.60. The van der Waals surface area contributed by atoms with Crippen LogP contribution in [0.15, 0.2) is 24.3 Å². The van der Waals surface area contributed by atoms with E-state index in [1.54, 1.807) is 19.2 Å². The molecule has 4 heteroatoms. The van der Waals surface area contributed by atoms with E-state index in [0.717, 1.165) is 0 Å². The largest absolute Gasteiger partial charge is 0.493 e. The summed E-state index contributed by atoms with van der Waals surface area (Å²) in [6.07, 6.45) is 0. The Balaban J connectivity index is 2.89. The van der Waals surface area contributed by atoms with Gasteiger partial charge in [0.15, 0.2) is 11.5 Å². The standard InChI is InChI=1S/C8H7ClO2S/c1-10-6-4-2-3-5-7(6)11-8(9)12/h2-5H,1H3. The Morgan fingerprint density at radius 3 is 2.42 bits per heavy atom. The van der Waals surface area contributed by atoms with Crippen LogP contribution in [0, 0.1) is 0 Å². The molecule has 0 heterocycles. The Hall–Kier alpha value is -0.800. The van der Waals surface area contributed by atoms with Gasteiger partial charge in [0, 0.05) is 0 Å². The summed E-state index contributed by atoms with van der Waals surface area (Å²) in [7, 11) is 1.56. The summed E-state index contributed by atoms with van der Waals surface area (Å²) in [5, 5.41) is 0. The van der Waals surface area contributed by atoms with Gasteiger partial charge in [0.25, 0.3) is 4.51 Å². The van der Waals surface area contributed by atoms with E-state index in [1.165, 1.54) is 0 Å². The van der Waals surface area contributed by atoms with Gasteiger partial charge in [-0.3, -0.25) is 0 Å². The van der Waals surface area contributed by atoms with E-state index in [1.807, 2.05) is 12.1 Å². The Kier molecular flexibility index (Phi) is 3.31. The Bertz CT molecular complexity index is 288. The maximum absolute atomic E-state index is 5.39. The van der Waals surface area contributed by atoms with Gasteiger partial charge in [-0.2, -0.15) is 0 Å². The van der Waals surface area contributed by atoms with E-state index in [9.17, 15) is 0 Å². The van der Waals surface area contributed by atoms with E-state index < -0.39 is 0 Å². The van der Waals surface area contributed by atoms with Gasteiger partial charge in [-0.15, -0.1) is 0 Å². The minimum absolute atomic E-state index is 0.0421. The highest BCUT2D eigenvalue weighted by molar-refractivity contribution is 7.82. The van der Waals surface area contributed by atoms with Crippen molar-refractivity contribution in [1.82, 2.24) is 0 Å². The Labute approximate surface area is 81.1 Å². The Morgan fingerprint density at radius 2 is 1.92 bits per heavy atom. The van der Waals surface area contributed by atoms with E-state index in [0.29, 0.717) is 11.5 Å². The number of methoxy groups -OCH3 is 1. The molecule has 0 unspecified atom stereocenters.